The van der Waals surface area contributed by atoms with Gasteiger partial charge in [0.05, 0.1) is 5.69 Å². The molecule has 3 aromatic rings. The number of hydrogen-bond acceptors (Lipinski definition) is 5. The van der Waals surface area contributed by atoms with Crippen molar-refractivity contribution in [2.75, 3.05) is 7.11 Å². The number of nitrogens with zero attached hydrogens (tertiary/aromatic N) is 3. The Kier molecular flexibility index (Phi) is 3.65. The first-order valence-electron chi connectivity index (χ1n) is 8.14. The summed E-state index contributed by atoms with van der Waals surface area (Å²) in [6.07, 6.45) is 4.81. The molecule has 1 aliphatic carbocycles. The van der Waals surface area contributed by atoms with Crippen LogP contribution in [0.2, 0.25) is 0 Å². The van der Waals surface area contributed by atoms with Gasteiger partial charge in [0, 0.05) is 24.4 Å². The molecule has 1 aromatic carbocycles. The standard InChI is InChI=1S/C19H19N3O2/c1-13-14(16-9-3-4-12-20-16)7-5-8-15(13)17-21-18(22-24-17)19(23-2)10-6-11-19/h3-5,7-9,12H,6,10-11H2,1-2H3. The SMILES string of the molecule is COC1(c2noc(-c3cccc(-c4ccccn4)c3C)n2)CCC1. The molecule has 2 aromatic heterocycles. The lowest BCUT2D eigenvalue weighted by molar-refractivity contribution is -0.0858. The average Bonchev–Trinajstić information content (AvgIpc) is 3.05. The van der Waals surface area contributed by atoms with E-state index in [2.05, 4.69) is 28.1 Å². The summed E-state index contributed by atoms with van der Waals surface area (Å²) in [6, 6.07) is 11.9. The van der Waals surface area contributed by atoms with Crippen LogP contribution < -0.4 is 0 Å². The summed E-state index contributed by atoms with van der Waals surface area (Å²) < 4.78 is 11.2. The Morgan fingerprint density at radius 2 is 1.92 bits per heavy atom. The molecule has 0 aliphatic heterocycles. The van der Waals surface area contributed by atoms with E-state index in [0.29, 0.717) is 11.7 Å². The lowest BCUT2D eigenvalue weighted by Crippen LogP contribution is -2.37. The first kappa shape index (κ1) is 15.0. The van der Waals surface area contributed by atoms with E-state index in [1.54, 1.807) is 13.3 Å². The molecule has 24 heavy (non-hydrogen) atoms. The van der Waals surface area contributed by atoms with E-state index in [4.69, 9.17) is 9.26 Å². The van der Waals surface area contributed by atoms with Gasteiger partial charge in [0.2, 0.25) is 5.82 Å². The fourth-order valence-electron chi connectivity index (χ4n) is 3.20. The van der Waals surface area contributed by atoms with Crippen molar-refractivity contribution in [2.45, 2.75) is 31.8 Å². The van der Waals surface area contributed by atoms with Crippen molar-refractivity contribution in [3.8, 4) is 22.7 Å². The minimum atomic E-state index is -0.367. The monoisotopic (exact) mass is 321 g/mol. The molecular weight excluding hydrogens is 302 g/mol. The smallest absolute Gasteiger partial charge is 0.258 e. The molecule has 0 radical (unpaired) electrons. The molecular formula is C19H19N3O2. The minimum Gasteiger partial charge on any atom is -0.370 e. The third-order valence-electron chi connectivity index (χ3n) is 4.89. The Bertz CT molecular complexity index is 849. The third-order valence-corrected chi connectivity index (χ3v) is 4.89. The lowest BCUT2D eigenvalue weighted by atomic mass is 9.79. The molecule has 1 fully saturated rings. The van der Waals surface area contributed by atoms with Gasteiger partial charge in [0.25, 0.3) is 5.89 Å². The highest BCUT2D eigenvalue weighted by molar-refractivity contribution is 5.73. The number of rotatable bonds is 4. The Morgan fingerprint density at radius 1 is 1.08 bits per heavy atom. The number of aromatic nitrogens is 3. The van der Waals surface area contributed by atoms with Crippen LogP contribution in [0.3, 0.4) is 0 Å². The highest BCUT2D eigenvalue weighted by Gasteiger charge is 2.43. The molecule has 4 rings (SSSR count). The van der Waals surface area contributed by atoms with Crippen LogP contribution in [0.15, 0.2) is 47.1 Å². The first-order valence-corrected chi connectivity index (χ1v) is 8.14. The number of pyridine rings is 1. The highest BCUT2D eigenvalue weighted by Crippen LogP contribution is 2.43. The van der Waals surface area contributed by atoms with Crippen LogP contribution in [0.1, 0.15) is 30.7 Å². The van der Waals surface area contributed by atoms with Crippen LogP contribution in [0, 0.1) is 6.92 Å². The van der Waals surface area contributed by atoms with Crippen LogP contribution in [0.25, 0.3) is 22.7 Å². The van der Waals surface area contributed by atoms with Crippen LogP contribution in [-0.4, -0.2) is 22.2 Å². The van der Waals surface area contributed by atoms with Gasteiger partial charge in [-0.05, 0) is 49.9 Å². The molecule has 122 valence electrons. The molecule has 0 unspecified atom stereocenters. The molecule has 1 saturated carbocycles. The number of ether oxygens (including phenoxy) is 1. The molecule has 5 heteroatoms. The largest absolute Gasteiger partial charge is 0.370 e. The maximum Gasteiger partial charge on any atom is 0.258 e. The van der Waals surface area contributed by atoms with Crippen molar-refractivity contribution in [3.63, 3.8) is 0 Å². The van der Waals surface area contributed by atoms with Gasteiger partial charge >= 0.3 is 0 Å². The van der Waals surface area contributed by atoms with Gasteiger partial charge in [-0.1, -0.05) is 23.4 Å². The maximum atomic E-state index is 5.64. The first-order chi connectivity index (χ1) is 11.7. The summed E-state index contributed by atoms with van der Waals surface area (Å²) in [5.41, 5.74) is 3.64. The minimum absolute atomic E-state index is 0.367. The molecule has 2 heterocycles. The Labute approximate surface area is 140 Å². The van der Waals surface area contributed by atoms with Gasteiger partial charge < -0.3 is 9.26 Å². The number of hydrogen-bond donors (Lipinski definition) is 0. The van der Waals surface area contributed by atoms with Gasteiger partial charge in [0.15, 0.2) is 0 Å². The molecule has 0 saturated heterocycles. The Hall–Kier alpha value is -2.53. The van der Waals surface area contributed by atoms with E-state index < -0.39 is 0 Å². The zero-order valence-corrected chi connectivity index (χ0v) is 13.8. The quantitative estimate of drug-likeness (QED) is 0.723. The van der Waals surface area contributed by atoms with Crippen LogP contribution in [0.5, 0.6) is 0 Å². The molecule has 0 N–H and O–H groups in total. The van der Waals surface area contributed by atoms with Gasteiger partial charge in [-0.3, -0.25) is 4.98 Å². The zero-order valence-electron chi connectivity index (χ0n) is 13.8. The van der Waals surface area contributed by atoms with Gasteiger partial charge in [-0.15, -0.1) is 0 Å². The van der Waals surface area contributed by atoms with Crippen molar-refractivity contribution in [2.24, 2.45) is 0 Å². The zero-order chi connectivity index (χ0) is 16.6. The van der Waals surface area contributed by atoms with E-state index in [9.17, 15) is 0 Å². The predicted molar refractivity (Wildman–Crippen MR) is 90.2 cm³/mol. The molecule has 0 spiro atoms. The summed E-state index contributed by atoms with van der Waals surface area (Å²) in [4.78, 5) is 9.06. The van der Waals surface area contributed by atoms with Crippen molar-refractivity contribution in [1.82, 2.24) is 15.1 Å². The average molecular weight is 321 g/mol. The molecule has 0 amide bonds. The van der Waals surface area contributed by atoms with Crippen molar-refractivity contribution < 1.29 is 9.26 Å². The summed E-state index contributed by atoms with van der Waals surface area (Å²) in [6.45, 7) is 2.05. The van der Waals surface area contributed by atoms with E-state index in [0.717, 1.165) is 41.6 Å². The maximum absolute atomic E-state index is 5.64. The lowest BCUT2D eigenvalue weighted by Gasteiger charge is -2.37. The number of benzene rings is 1. The molecule has 0 atom stereocenters. The summed E-state index contributed by atoms with van der Waals surface area (Å²) in [5, 5.41) is 4.17. The molecule has 0 bridgehead atoms. The van der Waals surface area contributed by atoms with Crippen LogP contribution >= 0.6 is 0 Å². The van der Waals surface area contributed by atoms with Gasteiger partial charge in [-0.25, -0.2) is 0 Å². The van der Waals surface area contributed by atoms with E-state index >= 15 is 0 Å². The molecule has 5 nitrogen and oxygen atoms in total. The summed E-state index contributed by atoms with van der Waals surface area (Å²) >= 11 is 0. The van der Waals surface area contributed by atoms with E-state index in [-0.39, 0.29) is 5.60 Å². The van der Waals surface area contributed by atoms with Crippen LogP contribution in [0.4, 0.5) is 0 Å². The normalized spacial score (nSPS) is 15.9. The second kappa shape index (κ2) is 5.83. The molecule has 1 aliphatic rings. The topological polar surface area (TPSA) is 61.0 Å². The van der Waals surface area contributed by atoms with Crippen molar-refractivity contribution in [3.05, 3.63) is 54.0 Å². The summed E-state index contributed by atoms with van der Waals surface area (Å²) in [5.74, 6) is 1.18. The second-order valence-electron chi connectivity index (χ2n) is 6.17. The fourth-order valence-corrected chi connectivity index (χ4v) is 3.20. The second-order valence-corrected chi connectivity index (χ2v) is 6.17. The van der Waals surface area contributed by atoms with Crippen LogP contribution in [-0.2, 0) is 10.3 Å². The Balaban J connectivity index is 1.74. The van der Waals surface area contributed by atoms with Crippen molar-refractivity contribution >= 4 is 0 Å². The third kappa shape index (κ3) is 2.32. The Morgan fingerprint density at radius 3 is 2.58 bits per heavy atom. The predicted octanol–water partition coefficient (Wildman–Crippen LogP) is 4.13. The van der Waals surface area contributed by atoms with E-state index in [1.807, 2.05) is 30.3 Å². The van der Waals surface area contributed by atoms with Crippen molar-refractivity contribution in [1.29, 1.82) is 0 Å². The summed E-state index contributed by atoms with van der Waals surface area (Å²) in [7, 11) is 1.71. The van der Waals surface area contributed by atoms with Gasteiger partial charge in [0.1, 0.15) is 5.60 Å². The van der Waals surface area contributed by atoms with E-state index in [1.165, 1.54) is 0 Å². The number of methoxy groups -OCH3 is 1. The highest BCUT2D eigenvalue weighted by atomic mass is 16.5. The van der Waals surface area contributed by atoms with Gasteiger partial charge in [-0.2, -0.15) is 4.98 Å². The fraction of sp³-hybridized carbons (Fsp3) is 0.316.